The quantitative estimate of drug-likeness (QED) is 0.815. The van der Waals surface area contributed by atoms with Gasteiger partial charge in [-0.2, -0.15) is 0 Å². The Labute approximate surface area is 147 Å². The van der Waals surface area contributed by atoms with Crippen LogP contribution in [-0.2, 0) is 11.3 Å². The third kappa shape index (κ3) is 3.96. The largest absolute Gasteiger partial charge is 0.378 e. The highest BCUT2D eigenvalue weighted by atomic mass is 16.5. The summed E-state index contributed by atoms with van der Waals surface area (Å²) in [6.45, 7) is 7.24. The van der Waals surface area contributed by atoms with Gasteiger partial charge in [-0.3, -0.25) is 4.79 Å². The number of nitrogens with zero attached hydrogens (tertiary/aromatic N) is 6. The Kier molecular flexibility index (Phi) is 5.28. The van der Waals surface area contributed by atoms with Crippen LogP contribution < -0.4 is 4.90 Å². The summed E-state index contributed by atoms with van der Waals surface area (Å²) in [5.41, 5.74) is 0.601. The molecule has 2 aromatic rings. The van der Waals surface area contributed by atoms with Gasteiger partial charge in [0.05, 0.1) is 25.3 Å². The van der Waals surface area contributed by atoms with Crippen LogP contribution in [0.25, 0.3) is 0 Å². The maximum atomic E-state index is 12.5. The first-order valence-electron chi connectivity index (χ1n) is 8.49. The van der Waals surface area contributed by atoms with E-state index in [0.717, 1.165) is 11.6 Å². The van der Waals surface area contributed by atoms with E-state index in [0.29, 0.717) is 44.5 Å². The standard InChI is InChI=1S/C17H24N6O2/c1-13(2)23-12-19-20-16(23)11-21(3)15-5-4-14(10-18-15)17(24)22-6-8-25-9-7-22/h4-5,10,12-13H,6-9,11H2,1-3H3. The number of ether oxygens (including phenoxy) is 1. The Morgan fingerprint density at radius 3 is 2.72 bits per heavy atom. The van der Waals surface area contributed by atoms with Crippen LogP contribution in [0.4, 0.5) is 5.82 Å². The highest BCUT2D eigenvalue weighted by Crippen LogP contribution is 2.15. The minimum absolute atomic E-state index is 0.00422. The van der Waals surface area contributed by atoms with E-state index in [9.17, 15) is 4.79 Å². The van der Waals surface area contributed by atoms with E-state index in [1.165, 1.54) is 0 Å². The van der Waals surface area contributed by atoms with Crippen LogP contribution in [0.3, 0.4) is 0 Å². The Balaban J connectivity index is 1.67. The summed E-state index contributed by atoms with van der Waals surface area (Å²) in [6.07, 6.45) is 3.38. The van der Waals surface area contributed by atoms with Gasteiger partial charge in [-0.15, -0.1) is 10.2 Å². The van der Waals surface area contributed by atoms with Crippen LogP contribution in [0.5, 0.6) is 0 Å². The lowest BCUT2D eigenvalue weighted by Crippen LogP contribution is -2.40. The van der Waals surface area contributed by atoms with E-state index in [-0.39, 0.29) is 5.91 Å². The highest BCUT2D eigenvalue weighted by molar-refractivity contribution is 5.94. The van der Waals surface area contributed by atoms with Crippen LogP contribution in [0.2, 0.25) is 0 Å². The van der Waals surface area contributed by atoms with Crippen molar-refractivity contribution in [3.8, 4) is 0 Å². The molecule has 2 aromatic heterocycles. The molecule has 0 saturated carbocycles. The number of hydrogen-bond acceptors (Lipinski definition) is 6. The molecule has 1 aliphatic heterocycles. The summed E-state index contributed by atoms with van der Waals surface area (Å²) in [6, 6.07) is 3.99. The second kappa shape index (κ2) is 7.60. The summed E-state index contributed by atoms with van der Waals surface area (Å²) in [5, 5.41) is 8.17. The number of aromatic nitrogens is 4. The molecule has 1 aliphatic rings. The molecule has 134 valence electrons. The molecular weight excluding hydrogens is 320 g/mol. The Bertz CT molecular complexity index is 706. The number of carbonyl (C=O) groups is 1. The summed E-state index contributed by atoms with van der Waals surface area (Å²) in [5.74, 6) is 1.68. The maximum Gasteiger partial charge on any atom is 0.255 e. The predicted octanol–water partition coefficient (Wildman–Crippen LogP) is 1.36. The van der Waals surface area contributed by atoms with Crippen molar-refractivity contribution in [1.82, 2.24) is 24.6 Å². The van der Waals surface area contributed by atoms with Gasteiger partial charge in [0, 0.05) is 32.4 Å². The lowest BCUT2D eigenvalue weighted by Gasteiger charge is -2.27. The molecule has 0 radical (unpaired) electrons. The number of carbonyl (C=O) groups excluding carboxylic acids is 1. The molecule has 25 heavy (non-hydrogen) atoms. The molecule has 8 heteroatoms. The van der Waals surface area contributed by atoms with Crippen molar-refractivity contribution in [2.75, 3.05) is 38.3 Å². The van der Waals surface area contributed by atoms with Crippen LogP contribution >= 0.6 is 0 Å². The number of rotatable bonds is 5. The molecule has 0 unspecified atom stereocenters. The molecule has 1 saturated heterocycles. The van der Waals surface area contributed by atoms with Crippen molar-refractivity contribution in [2.24, 2.45) is 0 Å². The SMILES string of the molecule is CC(C)n1cnnc1CN(C)c1ccc(C(=O)N2CCOCC2)cn1. The van der Waals surface area contributed by atoms with Gasteiger partial charge in [-0.05, 0) is 26.0 Å². The molecule has 0 aromatic carbocycles. The summed E-state index contributed by atoms with van der Waals surface area (Å²) in [7, 11) is 1.95. The first kappa shape index (κ1) is 17.3. The Morgan fingerprint density at radius 1 is 1.32 bits per heavy atom. The Hall–Kier alpha value is -2.48. The van der Waals surface area contributed by atoms with Gasteiger partial charge in [0.1, 0.15) is 12.1 Å². The van der Waals surface area contributed by atoms with E-state index in [1.807, 2.05) is 28.6 Å². The second-order valence-corrected chi connectivity index (χ2v) is 6.41. The Morgan fingerprint density at radius 2 is 2.08 bits per heavy atom. The number of anilines is 1. The lowest BCUT2D eigenvalue weighted by molar-refractivity contribution is 0.0302. The van der Waals surface area contributed by atoms with Gasteiger partial charge in [0.2, 0.25) is 0 Å². The van der Waals surface area contributed by atoms with Gasteiger partial charge in [0.25, 0.3) is 5.91 Å². The van der Waals surface area contributed by atoms with E-state index >= 15 is 0 Å². The molecule has 8 nitrogen and oxygen atoms in total. The van der Waals surface area contributed by atoms with E-state index in [4.69, 9.17) is 4.74 Å². The van der Waals surface area contributed by atoms with Crippen molar-refractivity contribution in [3.63, 3.8) is 0 Å². The zero-order valence-corrected chi connectivity index (χ0v) is 14.9. The molecule has 0 N–H and O–H groups in total. The molecule has 0 atom stereocenters. The summed E-state index contributed by atoms with van der Waals surface area (Å²) >= 11 is 0. The minimum Gasteiger partial charge on any atom is -0.378 e. The van der Waals surface area contributed by atoms with Crippen molar-refractivity contribution in [2.45, 2.75) is 26.4 Å². The number of morpholine rings is 1. The first-order chi connectivity index (χ1) is 12.1. The molecule has 0 bridgehead atoms. The third-order valence-electron chi connectivity index (χ3n) is 4.27. The molecule has 1 amide bonds. The maximum absolute atomic E-state index is 12.5. The van der Waals surface area contributed by atoms with Gasteiger partial charge >= 0.3 is 0 Å². The summed E-state index contributed by atoms with van der Waals surface area (Å²) in [4.78, 5) is 20.7. The third-order valence-corrected chi connectivity index (χ3v) is 4.27. The van der Waals surface area contributed by atoms with E-state index < -0.39 is 0 Å². The first-order valence-corrected chi connectivity index (χ1v) is 8.49. The average Bonchev–Trinajstić information content (AvgIpc) is 3.10. The normalized spacial score (nSPS) is 14.8. The van der Waals surface area contributed by atoms with Crippen molar-refractivity contribution in [1.29, 1.82) is 0 Å². The highest BCUT2D eigenvalue weighted by Gasteiger charge is 2.19. The smallest absolute Gasteiger partial charge is 0.255 e. The van der Waals surface area contributed by atoms with Crippen molar-refractivity contribution in [3.05, 3.63) is 36.0 Å². The van der Waals surface area contributed by atoms with Gasteiger partial charge in [0.15, 0.2) is 5.82 Å². The van der Waals surface area contributed by atoms with Crippen molar-refractivity contribution < 1.29 is 9.53 Å². The molecule has 3 heterocycles. The number of pyridine rings is 1. The monoisotopic (exact) mass is 344 g/mol. The zero-order chi connectivity index (χ0) is 17.8. The minimum atomic E-state index is 0.00422. The van der Waals surface area contributed by atoms with Crippen molar-refractivity contribution >= 4 is 11.7 Å². The number of amides is 1. The molecule has 0 aliphatic carbocycles. The average molecular weight is 344 g/mol. The van der Waals surface area contributed by atoms with Gasteiger partial charge in [-0.25, -0.2) is 4.98 Å². The van der Waals surface area contributed by atoms with E-state index in [1.54, 1.807) is 17.4 Å². The fourth-order valence-corrected chi connectivity index (χ4v) is 2.79. The molecule has 0 spiro atoms. The second-order valence-electron chi connectivity index (χ2n) is 6.41. The fraction of sp³-hybridized carbons (Fsp3) is 0.529. The molecular formula is C17H24N6O2. The van der Waals surface area contributed by atoms with Gasteiger partial charge in [-0.1, -0.05) is 0 Å². The molecule has 3 rings (SSSR count). The lowest BCUT2D eigenvalue weighted by atomic mass is 10.2. The number of hydrogen-bond donors (Lipinski definition) is 0. The molecule has 1 fully saturated rings. The summed E-state index contributed by atoms with van der Waals surface area (Å²) < 4.78 is 7.32. The van der Waals surface area contributed by atoms with Crippen LogP contribution in [0.15, 0.2) is 24.7 Å². The predicted molar refractivity (Wildman–Crippen MR) is 93.5 cm³/mol. The topological polar surface area (TPSA) is 76.4 Å². The van der Waals surface area contributed by atoms with Gasteiger partial charge < -0.3 is 19.1 Å². The van der Waals surface area contributed by atoms with E-state index in [2.05, 4.69) is 29.0 Å². The fourth-order valence-electron chi connectivity index (χ4n) is 2.79. The van der Waals surface area contributed by atoms with Crippen LogP contribution in [0.1, 0.15) is 36.1 Å². The zero-order valence-electron chi connectivity index (χ0n) is 14.9. The van der Waals surface area contributed by atoms with Crippen LogP contribution in [0, 0.1) is 0 Å². The van der Waals surface area contributed by atoms with Crippen LogP contribution in [-0.4, -0.2) is 63.9 Å².